The molecule has 2 fully saturated rings. The molecular weight excluding hydrogens is 400 g/mol. The van der Waals surface area contributed by atoms with Crippen LogP contribution in [0, 0.1) is 12.8 Å². The van der Waals surface area contributed by atoms with Gasteiger partial charge in [0.2, 0.25) is 0 Å². The van der Waals surface area contributed by atoms with Crippen molar-refractivity contribution in [2.75, 3.05) is 6.54 Å². The van der Waals surface area contributed by atoms with Crippen LogP contribution >= 0.6 is 11.3 Å². The topological polar surface area (TPSA) is 45.6 Å². The van der Waals surface area contributed by atoms with Crippen LogP contribution in [0.1, 0.15) is 66.0 Å². The van der Waals surface area contributed by atoms with Gasteiger partial charge in [-0.2, -0.15) is 0 Å². The number of H-pyrrole nitrogens is 1. The van der Waals surface area contributed by atoms with E-state index in [-0.39, 0.29) is 0 Å². The van der Waals surface area contributed by atoms with Crippen LogP contribution in [0.4, 0.5) is 0 Å². The van der Waals surface area contributed by atoms with Crippen LogP contribution in [-0.4, -0.2) is 21.1 Å². The molecule has 1 saturated heterocycles. The summed E-state index contributed by atoms with van der Waals surface area (Å²) in [6.07, 6.45) is 8.48. The van der Waals surface area contributed by atoms with E-state index < -0.39 is 0 Å². The van der Waals surface area contributed by atoms with Crippen molar-refractivity contribution < 1.29 is 0 Å². The summed E-state index contributed by atoms with van der Waals surface area (Å²) in [5.41, 5.74) is 4.93. The molecule has 4 nitrogen and oxygen atoms in total. The van der Waals surface area contributed by atoms with Gasteiger partial charge in [-0.3, -0.25) is 0 Å². The van der Waals surface area contributed by atoms with Crippen molar-refractivity contribution in [1.29, 1.82) is 0 Å². The molecule has 0 amide bonds. The summed E-state index contributed by atoms with van der Waals surface area (Å²) in [6.45, 7) is 5.65. The molecule has 2 atom stereocenters. The number of aromatic amines is 1. The van der Waals surface area contributed by atoms with E-state index >= 15 is 0 Å². The van der Waals surface area contributed by atoms with Gasteiger partial charge in [-0.1, -0.05) is 6.07 Å². The summed E-state index contributed by atoms with van der Waals surface area (Å²) in [5.74, 6) is 2.01. The third-order valence-corrected chi connectivity index (χ3v) is 8.27. The Kier molecular flexibility index (Phi) is 4.77. The van der Waals surface area contributed by atoms with E-state index in [1.165, 1.54) is 52.7 Å². The van der Waals surface area contributed by atoms with Gasteiger partial charge in [0.15, 0.2) is 0 Å². The maximum Gasteiger partial charge on any atom is 0.123 e. The largest absolute Gasteiger partial charge is 0.341 e. The van der Waals surface area contributed by atoms with Gasteiger partial charge in [0.1, 0.15) is 5.82 Å². The van der Waals surface area contributed by atoms with Crippen molar-refractivity contribution in [1.82, 2.24) is 19.9 Å². The van der Waals surface area contributed by atoms with Gasteiger partial charge in [0.05, 0.1) is 24.0 Å². The third-order valence-electron chi connectivity index (χ3n) is 7.00. The summed E-state index contributed by atoms with van der Waals surface area (Å²) in [6, 6.07) is 14.6. The first kappa shape index (κ1) is 19.3. The van der Waals surface area contributed by atoms with Gasteiger partial charge in [0, 0.05) is 31.9 Å². The molecule has 3 aromatic heterocycles. The molecular formula is C26H30N4S. The van der Waals surface area contributed by atoms with E-state index in [4.69, 9.17) is 0 Å². The van der Waals surface area contributed by atoms with Gasteiger partial charge in [-0.25, -0.2) is 4.98 Å². The number of thiophene rings is 1. The fourth-order valence-electron chi connectivity index (χ4n) is 5.10. The van der Waals surface area contributed by atoms with Gasteiger partial charge in [0.25, 0.3) is 0 Å². The number of hydrogen-bond donors (Lipinski definition) is 2. The lowest BCUT2D eigenvalue weighted by molar-refractivity contribution is 0.613. The van der Waals surface area contributed by atoms with E-state index in [0.717, 1.165) is 30.4 Å². The van der Waals surface area contributed by atoms with Crippen LogP contribution in [-0.2, 0) is 6.42 Å². The van der Waals surface area contributed by atoms with Crippen LogP contribution in [0.5, 0.6) is 0 Å². The first-order valence-corrected chi connectivity index (χ1v) is 12.5. The zero-order valence-electron chi connectivity index (χ0n) is 18.3. The van der Waals surface area contributed by atoms with Crippen LogP contribution in [0.2, 0.25) is 0 Å². The van der Waals surface area contributed by atoms with Crippen LogP contribution in [0.3, 0.4) is 0 Å². The molecule has 0 radical (unpaired) electrons. The molecule has 1 aliphatic heterocycles. The van der Waals surface area contributed by atoms with Crippen LogP contribution in [0.15, 0.2) is 42.6 Å². The second-order valence-corrected chi connectivity index (χ2v) is 10.6. The maximum absolute atomic E-state index is 4.65. The Balaban J connectivity index is 1.30. The summed E-state index contributed by atoms with van der Waals surface area (Å²) in [5, 5.41) is 4.82. The molecule has 0 bridgehead atoms. The minimum Gasteiger partial charge on any atom is -0.341 e. The van der Waals surface area contributed by atoms with Crippen molar-refractivity contribution in [2.24, 2.45) is 5.92 Å². The Labute approximate surface area is 187 Å². The number of aryl methyl sites for hydroxylation is 1. The van der Waals surface area contributed by atoms with Gasteiger partial charge in [-0.05, 0) is 88.7 Å². The van der Waals surface area contributed by atoms with E-state index in [9.17, 15) is 0 Å². The number of rotatable bonds is 6. The molecule has 4 aromatic rings. The number of hydrogen-bond acceptors (Lipinski definition) is 3. The highest BCUT2D eigenvalue weighted by Crippen LogP contribution is 2.37. The summed E-state index contributed by atoms with van der Waals surface area (Å²) < 4.78 is 2.49. The van der Waals surface area contributed by atoms with Crippen LogP contribution in [0.25, 0.3) is 22.2 Å². The summed E-state index contributed by atoms with van der Waals surface area (Å²) in [7, 11) is 0. The lowest BCUT2D eigenvalue weighted by atomic mass is 10.1. The normalized spacial score (nSPS) is 20.0. The Bertz CT molecular complexity index is 1220. The molecule has 6 rings (SSSR count). The van der Waals surface area contributed by atoms with E-state index in [0.29, 0.717) is 12.1 Å². The Morgan fingerprint density at radius 1 is 1.16 bits per heavy atom. The minimum absolute atomic E-state index is 0.355. The number of benzene rings is 1. The smallest absolute Gasteiger partial charge is 0.123 e. The molecule has 4 heterocycles. The van der Waals surface area contributed by atoms with Gasteiger partial charge >= 0.3 is 0 Å². The van der Waals surface area contributed by atoms with Gasteiger partial charge in [-0.15, -0.1) is 11.3 Å². The molecule has 5 heteroatoms. The first-order chi connectivity index (χ1) is 15.2. The first-order valence-electron chi connectivity index (χ1n) is 11.6. The monoisotopic (exact) mass is 430 g/mol. The van der Waals surface area contributed by atoms with Crippen molar-refractivity contribution in [3.8, 4) is 11.3 Å². The zero-order valence-corrected chi connectivity index (χ0v) is 19.1. The molecule has 0 spiro atoms. The van der Waals surface area contributed by atoms with Gasteiger partial charge < -0.3 is 14.9 Å². The number of aromatic nitrogens is 3. The van der Waals surface area contributed by atoms with Crippen molar-refractivity contribution in [3.05, 3.63) is 63.9 Å². The standard InChI is InChI=1S/C26H30N4S/c1-16-12-20-14-19(23-15-28-26(29-23)22-4-3-11-27-22)7-9-24(20)30(16)17(2)25-10-8-21(31-25)13-18-5-6-18/h7-10,12,14-15,17-18,22,27H,3-6,11,13H2,1-2H3,(H,28,29). The Hall–Kier alpha value is -2.37. The molecule has 2 unspecified atom stereocenters. The molecule has 31 heavy (non-hydrogen) atoms. The minimum atomic E-state index is 0.355. The fraction of sp³-hybridized carbons (Fsp3) is 0.423. The predicted molar refractivity (Wildman–Crippen MR) is 129 cm³/mol. The van der Waals surface area contributed by atoms with E-state index in [2.05, 4.69) is 70.1 Å². The van der Waals surface area contributed by atoms with Crippen molar-refractivity contribution >= 4 is 22.2 Å². The number of nitrogens with zero attached hydrogens (tertiary/aromatic N) is 2. The maximum atomic E-state index is 4.65. The zero-order chi connectivity index (χ0) is 20.9. The quantitative estimate of drug-likeness (QED) is 0.372. The average molecular weight is 431 g/mol. The van der Waals surface area contributed by atoms with Crippen LogP contribution < -0.4 is 5.32 Å². The molecule has 1 saturated carbocycles. The highest BCUT2D eigenvalue weighted by molar-refractivity contribution is 7.12. The van der Waals surface area contributed by atoms with E-state index in [1.807, 2.05) is 17.5 Å². The average Bonchev–Trinajstić information content (AvgIpc) is 3.25. The summed E-state index contributed by atoms with van der Waals surface area (Å²) >= 11 is 2.00. The van der Waals surface area contributed by atoms with Crippen molar-refractivity contribution in [3.63, 3.8) is 0 Å². The highest BCUT2D eigenvalue weighted by Gasteiger charge is 2.23. The Morgan fingerprint density at radius 2 is 2.06 bits per heavy atom. The molecule has 160 valence electrons. The Morgan fingerprint density at radius 3 is 2.87 bits per heavy atom. The molecule has 1 aromatic carbocycles. The lowest BCUT2D eigenvalue weighted by Crippen LogP contribution is -2.14. The number of nitrogens with one attached hydrogen (secondary N) is 2. The second-order valence-electron chi connectivity index (χ2n) is 9.39. The third kappa shape index (κ3) is 3.64. The molecule has 2 aliphatic rings. The summed E-state index contributed by atoms with van der Waals surface area (Å²) in [4.78, 5) is 11.2. The molecule has 2 N–H and O–H groups in total. The van der Waals surface area contributed by atoms with Crippen molar-refractivity contribution in [2.45, 2.75) is 58.0 Å². The molecule has 1 aliphatic carbocycles. The second kappa shape index (κ2) is 7.64. The van der Waals surface area contributed by atoms with E-state index in [1.54, 1.807) is 4.88 Å². The lowest BCUT2D eigenvalue weighted by Gasteiger charge is -2.16. The fourth-order valence-corrected chi connectivity index (χ4v) is 6.27. The SMILES string of the molecule is Cc1cc2cc(-c3cnc(C4CCCN4)[nH]3)ccc2n1C(C)c1ccc(CC2CC2)s1. The number of imidazole rings is 1. The number of fused-ring (bicyclic) bond motifs is 1. The highest BCUT2D eigenvalue weighted by atomic mass is 32.1. The predicted octanol–water partition coefficient (Wildman–Crippen LogP) is 6.39.